The maximum Gasteiger partial charge on any atom is 0.326 e. The molecule has 1 heterocycles. The zero-order valence-corrected chi connectivity index (χ0v) is 13.9. The topological polar surface area (TPSA) is 75.6 Å². The number of nitrogens with one attached hydrogen (secondary N) is 1. The van der Waals surface area contributed by atoms with Crippen molar-refractivity contribution in [1.29, 1.82) is 0 Å². The smallest absolute Gasteiger partial charge is 0.326 e. The molecule has 0 saturated carbocycles. The van der Waals surface area contributed by atoms with Gasteiger partial charge in [0.15, 0.2) is 0 Å². The molecule has 0 radical (unpaired) electrons. The summed E-state index contributed by atoms with van der Waals surface area (Å²) in [6.45, 7) is 0. The predicted molar refractivity (Wildman–Crippen MR) is 93.5 cm³/mol. The fourth-order valence-corrected chi connectivity index (χ4v) is 3.02. The number of para-hydroxylation sites is 1. The molecule has 3 rings (SSSR count). The van der Waals surface area contributed by atoms with Crippen LogP contribution in [-0.4, -0.2) is 29.1 Å². The number of amides is 1. The van der Waals surface area contributed by atoms with Gasteiger partial charge in [-0.2, -0.15) is 0 Å². The van der Waals surface area contributed by atoms with E-state index in [1.54, 1.807) is 0 Å². The normalized spacial score (nSPS) is 16.6. The maximum absolute atomic E-state index is 12.1. The van der Waals surface area contributed by atoms with Crippen LogP contribution >= 0.6 is 0 Å². The fourth-order valence-electron chi connectivity index (χ4n) is 3.02. The van der Waals surface area contributed by atoms with Crippen LogP contribution in [0.3, 0.4) is 0 Å². The lowest BCUT2D eigenvalue weighted by Crippen LogP contribution is -2.42. The number of fused-ring (bicyclic) bond motifs is 1. The van der Waals surface area contributed by atoms with Crippen LogP contribution in [0.15, 0.2) is 54.6 Å². The Labute approximate surface area is 146 Å². The Kier molecular flexibility index (Phi) is 5.33. The molecular formula is C20H21NO4. The average molecular weight is 339 g/mol. The lowest BCUT2D eigenvalue weighted by molar-refractivity contribution is -0.141. The van der Waals surface area contributed by atoms with Gasteiger partial charge in [0.05, 0.1) is 0 Å². The molecule has 0 spiro atoms. The van der Waals surface area contributed by atoms with Crippen molar-refractivity contribution < 1.29 is 19.4 Å². The number of ether oxygens (including phenoxy) is 1. The first kappa shape index (κ1) is 17.0. The number of carbonyl (C=O) groups is 2. The number of carboxylic acid groups (broad SMARTS) is 1. The van der Waals surface area contributed by atoms with Crippen LogP contribution in [0.5, 0.6) is 5.75 Å². The highest BCUT2D eigenvalue weighted by Crippen LogP contribution is 2.29. The summed E-state index contributed by atoms with van der Waals surface area (Å²) in [5.41, 5.74) is 2.03. The Hall–Kier alpha value is -2.82. The molecule has 1 unspecified atom stereocenters. The van der Waals surface area contributed by atoms with Crippen molar-refractivity contribution in [2.75, 3.05) is 0 Å². The van der Waals surface area contributed by atoms with Gasteiger partial charge >= 0.3 is 5.97 Å². The first-order valence-electron chi connectivity index (χ1n) is 8.42. The third-order valence-corrected chi connectivity index (χ3v) is 4.32. The van der Waals surface area contributed by atoms with Gasteiger partial charge in [0, 0.05) is 19.3 Å². The zero-order valence-electron chi connectivity index (χ0n) is 13.9. The lowest BCUT2D eigenvalue weighted by atomic mass is 10.0. The van der Waals surface area contributed by atoms with Gasteiger partial charge in [-0.15, -0.1) is 0 Å². The van der Waals surface area contributed by atoms with Gasteiger partial charge in [-0.1, -0.05) is 48.5 Å². The summed E-state index contributed by atoms with van der Waals surface area (Å²) in [6.07, 6.45) is 1.85. The summed E-state index contributed by atoms with van der Waals surface area (Å²) in [7, 11) is 0. The lowest BCUT2D eigenvalue weighted by Gasteiger charge is -2.16. The van der Waals surface area contributed by atoms with Gasteiger partial charge in [-0.3, -0.25) is 4.79 Å². The molecule has 0 bridgehead atoms. The van der Waals surface area contributed by atoms with E-state index in [-0.39, 0.29) is 24.9 Å². The van der Waals surface area contributed by atoms with Crippen LogP contribution in [0, 0.1) is 0 Å². The molecule has 5 nitrogen and oxygen atoms in total. The van der Waals surface area contributed by atoms with Crippen LogP contribution in [0.2, 0.25) is 0 Å². The molecule has 2 aromatic carbocycles. The number of hydrogen-bond acceptors (Lipinski definition) is 3. The van der Waals surface area contributed by atoms with E-state index in [9.17, 15) is 14.7 Å². The summed E-state index contributed by atoms with van der Waals surface area (Å²) in [5.74, 6) is -0.412. The predicted octanol–water partition coefficient (Wildman–Crippen LogP) is 2.58. The van der Waals surface area contributed by atoms with E-state index in [2.05, 4.69) is 5.32 Å². The Morgan fingerprint density at radius 2 is 1.84 bits per heavy atom. The Balaban J connectivity index is 1.48. The highest BCUT2D eigenvalue weighted by atomic mass is 16.5. The fraction of sp³-hybridized carbons (Fsp3) is 0.300. The molecular weight excluding hydrogens is 318 g/mol. The van der Waals surface area contributed by atoms with Gasteiger partial charge in [-0.25, -0.2) is 4.79 Å². The number of hydrogen-bond donors (Lipinski definition) is 2. The number of carbonyl (C=O) groups excluding carboxylic acids is 1. The second kappa shape index (κ2) is 7.83. The van der Waals surface area contributed by atoms with Gasteiger partial charge in [-0.05, 0) is 23.6 Å². The summed E-state index contributed by atoms with van der Waals surface area (Å²) in [4.78, 5) is 23.6. The summed E-state index contributed by atoms with van der Waals surface area (Å²) >= 11 is 0. The molecule has 2 atom stereocenters. The first-order chi connectivity index (χ1) is 12.1. The quantitative estimate of drug-likeness (QED) is 0.813. The monoisotopic (exact) mass is 339 g/mol. The van der Waals surface area contributed by atoms with Crippen LogP contribution in [0.1, 0.15) is 24.0 Å². The second-order valence-corrected chi connectivity index (χ2v) is 6.24. The minimum absolute atomic E-state index is 0.0273. The highest BCUT2D eigenvalue weighted by Gasteiger charge is 2.24. The van der Waals surface area contributed by atoms with Crippen molar-refractivity contribution in [2.24, 2.45) is 0 Å². The molecule has 25 heavy (non-hydrogen) atoms. The van der Waals surface area contributed by atoms with E-state index in [4.69, 9.17) is 4.74 Å². The van der Waals surface area contributed by atoms with E-state index in [1.807, 2.05) is 54.6 Å². The third kappa shape index (κ3) is 4.59. The maximum atomic E-state index is 12.1. The van der Waals surface area contributed by atoms with Gasteiger partial charge in [0.25, 0.3) is 0 Å². The van der Waals surface area contributed by atoms with E-state index in [0.717, 1.165) is 23.3 Å². The largest absolute Gasteiger partial charge is 0.490 e. The highest BCUT2D eigenvalue weighted by molar-refractivity contribution is 5.83. The molecule has 1 aliphatic heterocycles. The van der Waals surface area contributed by atoms with E-state index >= 15 is 0 Å². The van der Waals surface area contributed by atoms with Crippen molar-refractivity contribution in [1.82, 2.24) is 5.32 Å². The molecule has 0 aromatic heterocycles. The number of carboxylic acids is 1. The standard InChI is InChI=1S/C20H21NO4/c22-19(11-10-16-13-15-8-4-5-9-18(15)25-16)21-17(20(23)24)12-14-6-2-1-3-7-14/h1-9,16-17H,10-13H2,(H,21,22)(H,23,24)/t16-,17?/m0/s1. The number of rotatable bonds is 7. The molecule has 0 aliphatic carbocycles. The van der Waals surface area contributed by atoms with Crippen molar-refractivity contribution >= 4 is 11.9 Å². The van der Waals surface area contributed by atoms with Crippen molar-refractivity contribution in [3.8, 4) is 5.75 Å². The molecule has 1 amide bonds. The van der Waals surface area contributed by atoms with Crippen LogP contribution in [0.25, 0.3) is 0 Å². The number of benzene rings is 2. The summed E-state index contributed by atoms with van der Waals surface area (Å²) in [5, 5.41) is 12.0. The molecule has 2 aromatic rings. The minimum Gasteiger partial charge on any atom is -0.490 e. The zero-order chi connectivity index (χ0) is 17.6. The molecule has 5 heteroatoms. The summed E-state index contributed by atoms with van der Waals surface area (Å²) < 4.78 is 5.81. The molecule has 0 saturated heterocycles. The third-order valence-electron chi connectivity index (χ3n) is 4.32. The molecule has 2 N–H and O–H groups in total. The number of aliphatic carboxylic acids is 1. The van der Waals surface area contributed by atoms with Gasteiger partial charge < -0.3 is 15.2 Å². The Morgan fingerprint density at radius 1 is 1.12 bits per heavy atom. The van der Waals surface area contributed by atoms with Gasteiger partial charge in [0.1, 0.15) is 17.9 Å². The average Bonchev–Trinajstić information content (AvgIpc) is 3.03. The van der Waals surface area contributed by atoms with E-state index in [0.29, 0.717) is 6.42 Å². The molecule has 0 fully saturated rings. The van der Waals surface area contributed by atoms with Crippen LogP contribution < -0.4 is 10.1 Å². The van der Waals surface area contributed by atoms with E-state index < -0.39 is 12.0 Å². The summed E-state index contributed by atoms with van der Waals surface area (Å²) in [6, 6.07) is 16.2. The Bertz CT molecular complexity index is 719. The first-order valence-corrected chi connectivity index (χ1v) is 8.42. The van der Waals surface area contributed by atoms with E-state index in [1.165, 1.54) is 0 Å². The second-order valence-electron chi connectivity index (χ2n) is 6.24. The van der Waals surface area contributed by atoms with Crippen LogP contribution in [-0.2, 0) is 22.4 Å². The van der Waals surface area contributed by atoms with Crippen molar-refractivity contribution in [2.45, 2.75) is 37.8 Å². The molecule has 130 valence electrons. The van der Waals surface area contributed by atoms with Crippen molar-refractivity contribution in [3.05, 3.63) is 65.7 Å². The minimum atomic E-state index is -1.03. The Morgan fingerprint density at radius 3 is 2.56 bits per heavy atom. The SMILES string of the molecule is O=C(CC[C@H]1Cc2ccccc2O1)NC(Cc1ccccc1)C(=O)O. The van der Waals surface area contributed by atoms with Crippen LogP contribution in [0.4, 0.5) is 0 Å². The molecule has 1 aliphatic rings. The van der Waals surface area contributed by atoms with Crippen molar-refractivity contribution in [3.63, 3.8) is 0 Å². The van der Waals surface area contributed by atoms with Gasteiger partial charge in [0.2, 0.25) is 5.91 Å².